The molecule has 0 radical (unpaired) electrons. The fourth-order valence-corrected chi connectivity index (χ4v) is 0.542. The normalized spacial score (nSPS) is 10.0. The predicted octanol–water partition coefficient (Wildman–Crippen LogP) is 2.42. The Balaban J connectivity index is 3.30. The highest BCUT2D eigenvalue weighted by Gasteiger charge is 1.85. The third kappa shape index (κ3) is 8.95. The number of hydrogen-bond donors (Lipinski definition) is 0. The van der Waals surface area contributed by atoms with Gasteiger partial charge in [-0.15, -0.1) is 6.58 Å². The van der Waals surface area contributed by atoms with Crippen molar-refractivity contribution in [2.24, 2.45) is 0 Å². The highest BCUT2D eigenvalue weighted by Crippen LogP contribution is 2.00. The lowest BCUT2D eigenvalue weighted by molar-refractivity contribution is -0.135. The first kappa shape index (κ1) is 9.95. The van der Waals surface area contributed by atoms with Crippen molar-refractivity contribution in [3.05, 3.63) is 24.5 Å². The van der Waals surface area contributed by atoms with Crippen molar-refractivity contribution in [2.75, 3.05) is 0 Å². The molecule has 0 saturated carbocycles. The molecule has 0 aliphatic carbocycles. The largest absolute Gasteiger partial charge is 0.435 e. The average molecular weight is 154 g/mol. The Labute approximate surface area is 67.6 Å². The van der Waals surface area contributed by atoms with Gasteiger partial charge in [-0.05, 0) is 25.8 Å². The molecule has 62 valence electrons. The van der Waals surface area contributed by atoms with Gasteiger partial charge in [0.1, 0.15) is 0 Å². The SMILES string of the molecule is C=C(C)CC/C=C\OC(C)=O. The van der Waals surface area contributed by atoms with Crippen LogP contribution in [0.2, 0.25) is 0 Å². The molecule has 2 nitrogen and oxygen atoms in total. The van der Waals surface area contributed by atoms with Gasteiger partial charge in [0.2, 0.25) is 0 Å². The molecule has 0 saturated heterocycles. The summed E-state index contributed by atoms with van der Waals surface area (Å²) in [6, 6.07) is 0. The number of esters is 1. The maximum absolute atomic E-state index is 10.2. The van der Waals surface area contributed by atoms with Crippen molar-refractivity contribution >= 4 is 5.97 Å². The first-order valence-electron chi connectivity index (χ1n) is 3.59. The van der Waals surface area contributed by atoms with Gasteiger partial charge >= 0.3 is 5.97 Å². The van der Waals surface area contributed by atoms with E-state index in [4.69, 9.17) is 0 Å². The molecule has 0 aromatic carbocycles. The summed E-state index contributed by atoms with van der Waals surface area (Å²) in [6.07, 6.45) is 5.06. The van der Waals surface area contributed by atoms with Crippen LogP contribution in [0.1, 0.15) is 26.7 Å². The van der Waals surface area contributed by atoms with Gasteiger partial charge in [-0.3, -0.25) is 4.79 Å². The Morgan fingerprint density at radius 1 is 1.55 bits per heavy atom. The van der Waals surface area contributed by atoms with Crippen LogP contribution < -0.4 is 0 Å². The molecule has 0 spiro atoms. The van der Waals surface area contributed by atoms with E-state index in [1.807, 2.05) is 13.0 Å². The van der Waals surface area contributed by atoms with Crippen LogP contribution in [0.25, 0.3) is 0 Å². The van der Waals surface area contributed by atoms with E-state index in [9.17, 15) is 4.79 Å². The van der Waals surface area contributed by atoms with Crippen molar-refractivity contribution in [3.8, 4) is 0 Å². The van der Waals surface area contributed by atoms with Crippen LogP contribution in [0.3, 0.4) is 0 Å². The van der Waals surface area contributed by atoms with Gasteiger partial charge in [-0.25, -0.2) is 0 Å². The van der Waals surface area contributed by atoms with Crippen molar-refractivity contribution in [2.45, 2.75) is 26.7 Å². The van der Waals surface area contributed by atoms with Crippen molar-refractivity contribution in [1.29, 1.82) is 0 Å². The molecule has 0 fully saturated rings. The molecule has 0 aliphatic heterocycles. The zero-order valence-corrected chi connectivity index (χ0v) is 7.09. The second-order valence-electron chi connectivity index (χ2n) is 2.48. The molecule has 0 rings (SSSR count). The molecular formula is C9H14O2. The molecule has 0 atom stereocenters. The number of rotatable bonds is 4. The van der Waals surface area contributed by atoms with Gasteiger partial charge in [0.05, 0.1) is 6.26 Å². The second kappa shape index (κ2) is 5.71. The highest BCUT2D eigenvalue weighted by atomic mass is 16.5. The minimum absolute atomic E-state index is 0.281. The Morgan fingerprint density at radius 2 is 2.18 bits per heavy atom. The number of carbonyl (C=O) groups is 1. The standard InChI is InChI=1S/C9H14O2/c1-8(2)6-4-5-7-11-9(3)10/h5,7H,1,4,6H2,2-3H3/b7-5-. The topological polar surface area (TPSA) is 26.3 Å². The van der Waals surface area contributed by atoms with Crippen LogP contribution in [0.4, 0.5) is 0 Å². The van der Waals surface area contributed by atoms with E-state index in [1.54, 1.807) is 0 Å². The van der Waals surface area contributed by atoms with Gasteiger partial charge in [-0.1, -0.05) is 5.57 Å². The maximum atomic E-state index is 10.2. The first-order chi connectivity index (χ1) is 5.13. The summed E-state index contributed by atoms with van der Waals surface area (Å²) in [5.41, 5.74) is 1.14. The van der Waals surface area contributed by atoms with Crippen LogP contribution in [-0.4, -0.2) is 5.97 Å². The average Bonchev–Trinajstić information content (AvgIpc) is 1.85. The van der Waals surface area contributed by atoms with Gasteiger partial charge in [0.15, 0.2) is 0 Å². The van der Waals surface area contributed by atoms with E-state index in [-0.39, 0.29) is 5.97 Å². The molecule has 0 aromatic rings. The van der Waals surface area contributed by atoms with Crippen molar-refractivity contribution in [1.82, 2.24) is 0 Å². The first-order valence-corrected chi connectivity index (χ1v) is 3.59. The number of ether oxygens (including phenoxy) is 1. The quantitative estimate of drug-likeness (QED) is 0.353. The molecule has 11 heavy (non-hydrogen) atoms. The second-order valence-corrected chi connectivity index (χ2v) is 2.48. The molecule has 0 bridgehead atoms. The van der Waals surface area contributed by atoms with Crippen LogP contribution in [0, 0.1) is 0 Å². The fourth-order valence-electron chi connectivity index (χ4n) is 0.542. The predicted molar refractivity (Wildman–Crippen MR) is 45.0 cm³/mol. The summed E-state index contributed by atoms with van der Waals surface area (Å²) in [6.45, 7) is 7.10. The smallest absolute Gasteiger partial charge is 0.307 e. The van der Waals surface area contributed by atoms with Crippen LogP contribution in [0.15, 0.2) is 24.5 Å². The number of carbonyl (C=O) groups excluding carboxylic acids is 1. The maximum Gasteiger partial charge on any atom is 0.307 e. The van der Waals surface area contributed by atoms with E-state index in [2.05, 4.69) is 11.3 Å². The molecule has 0 N–H and O–H groups in total. The van der Waals surface area contributed by atoms with E-state index >= 15 is 0 Å². The summed E-state index contributed by atoms with van der Waals surface area (Å²) in [7, 11) is 0. The van der Waals surface area contributed by atoms with Crippen molar-refractivity contribution in [3.63, 3.8) is 0 Å². The van der Waals surface area contributed by atoms with Gasteiger partial charge < -0.3 is 4.74 Å². The zero-order chi connectivity index (χ0) is 8.69. The van der Waals surface area contributed by atoms with Crippen LogP contribution >= 0.6 is 0 Å². The lowest BCUT2D eigenvalue weighted by Gasteiger charge is -1.92. The molecule has 0 heterocycles. The van der Waals surface area contributed by atoms with E-state index < -0.39 is 0 Å². The van der Waals surface area contributed by atoms with Crippen molar-refractivity contribution < 1.29 is 9.53 Å². The summed E-state index contributed by atoms with van der Waals surface area (Å²) in [5.74, 6) is -0.281. The Kier molecular flexibility index (Phi) is 5.17. The summed E-state index contributed by atoms with van der Waals surface area (Å²) < 4.78 is 4.57. The van der Waals surface area contributed by atoms with Gasteiger partial charge in [-0.2, -0.15) is 0 Å². The number of hydrogen-bond acceptors (Lipinski definition) is 2. The van der Waals surface area contributed by atoms with Gasteiger partial charge in [0.25, 0.3) is 0 Å². The summed E-state index contributed by atoms with van der Waals surface area (Å²) >= 11 is 0. The molecular weight excluding hydrogens is 140 g/mol. The van der Waals surface area contributed by atoms with E-state index in [1.165, 1.54) is 13.2 Å². The minimum Gasteiger partial charge on any atom is -0.435 e. The molecule has 0 aromatic heterocycles. The summed E-state index contributed by atoms with van der Waals surface area (Å²) in [4.78, 5) is 10.2. The Morgan fingerprint density at radius 3 is 2.64 bits per heavy atom. The molecule has 0 unspecified atom stereocenters. The minimum atomic E-state index is -0.281. The molecule has 2 heteroatoms. The third-order valence-corrected chi connectivity index (χ3v) is 1.07. The van der Waals surface area contributed by atoms with E-state index in [0.717, 1.165) is 18.4 Å². The highest BCUT2D eigenvalue weighted by molar-refractivity contribution is 5.66. The zero-order valence-electron chi connectivity index (χ0n) is 7.09. The fraction of sp³-hybridized carbons (Fsp3) is 0.444. The van der Waals surface area contributed by atoms with Crippen LogP contribution in [0.5, 0.6) is 0 Å². The monoisotopic (exact) mass is 154 g/mol. The number of allylic oxidation sites excluding steroid dienone is 2. The van der Waals surface area contributed by atoms with Gasteiger partial charge in [0, 0.05) is 6.92 Å². The van der Waals surface area contributed by atoms with Crippen LogP contribution in [-0.2, 0) is 9.53 Å². The lowest BCUT2D eigenvalue weighted by Crippen LogP contribution is -1.89. The molecule has 0 amide bonds. The Hall–Kier alpha value is -1.05. The Bertz CT molecular complexity index is 168. The molecule has 0 aliphatic rings. The summed E-state index contributed by atoms with van der Waals surface area (Å²) in [5, 5.41) is 0. The lowest BCUT2D eigenvalue weighted by atomic mass is 10.2. The van der Waals surface area contributed by atoms with E-state index in [0.29, 0.717) is 0 Å². The third-order valence-electron chi connectivity index (χ3n) is 1.07.